The van der Waals surface area contributed by atoms with Crippen molar-refractivity contribution in [1.29, 1.82) is 5.41 Å². The van der Waals surface area contributed by atoms with Gasteiger partial charge >= 0.3 is 6.18 Å². The van der Waals surface area contributed by atoms with Crippen molar-refractivity contribution in [2.75, 3.05) is 0 Å². The van der Waals surface area contributed by atoms with E-state index in [1.54, 1.807) is 0 Å². The van der Waals surface area contributed by atoms with Crippen LogP contribution in [0.1, 0.15) is 11.1 Å². The molecule has 9 heteroatoms. The summed E-state index contributed by atoms with van der Waals surface area (Å²) < 4.78 is 49.8. The van der Waals surface area contributed by atoms with Gasteiger partial charge in [0.25, 0.3) is 0 Å². The monoisotopic (exact) mass is 284 g/mol. The molecule has 0 aliphatic heterocycles. The molecule has 0 saturated heterocycles. The third kappa shape index (κ3) is 4.58. The molecule has 4 nitrogen and oxygen atoms in total. The summed E-state index contributed by atoms with van der Waals surface area (Å²) >= 11 is 0. The number of guanidine groups is 1. The topological polar surface area (TPSA) is 74.3 Å². The number of nitrogens with zero attached hydrogens (tertiary/aromatic N) is 1. The number of benzene rings is 1. The lowest BCUT2D eigenvalue weighted by Gasteiger charge is -2.07. The highest BCUT2D eigenvalue weighted by Crippen LogP contribution is 2.29. The third-order valence-corrected chi connectivity index (χ3v) is 1.72. The second-order valence-corrected chi connectivity index (χ2v) is 3.02. The number of rotatable bonds is 2. The van der Waals surface area contributed by atoms with Gasteiger partial charge in [0, 0.05) is 5.56 Å². The molecule has 0 bridgehead atoms. The molecule has 0 amide bonds. The van der Waals surface area contributed by atoms with Gasteiger partial charge in [-0.3, -0.25) is 5.41 Å². The Bertz CT molecular complexity index is 458. The average Bonchev–Trinajstić information content (AvgIpc) is 2.18. The van der Waals surface area contributed by atoms with Crippen LogP contribution in [-0.4, -0.2) is 12.2 Å². The standard InChI is InChI=1S/C9H8F4N4.ClH/c10-7-3-6(9(11,12)13)2-1-5(7)4-16-17-8(14)15;/h1-4H,(H4,14,15,17);1H. The minimum absolute atomic E-state index is 0. The molecule has 1 rings (SSSR count). The van der Waals surface area contributed by atoms with Crippen molar-refractivity contribution in [1.82, 2.24) is 5.43 Å². The van der Waals surface area contributed by atoms with Gasteiger partial charge in [-0.1, -0.05) is 0 Å². The number of hydrazone groups is 1. The van der Waals surface area contributed by atoms with Crippen molar-refractivity contribution in [2.24, 2.45) is 10.8 Å². The molecular formula is C9H9ClF4N4. The van der Waals surface area contributed by atoms with Gasteiger partial charge in [-0.05, 0) is 18.2 Å². The van der Waals surface area contributed by atoms with Gasteiger partial charge in [-0.2, -0.15) is 18.3 Å². The first-order chi connectivity index (χ1) is 7.80. The largest absolute Gasteiger partial charge is 0.416 e. The SMILES string of the molecule is Cl.N=C(N)NN=Cc1ccc(C(F)(F)F)cc1F. The lowest BCUT2D eigenvalue weighted by molar-refractivity contribution is -0.137. The van der Waals surface area contributed by atoms with E-state index in [1.165, 1.54) is 0 Å². The maximum atomic E-state index is 13.2. The van der Waals surface area contributed by atoms with Crippen LogP contribution in [0.3, 0.4) is 0 Å². The van der Waals surface area contributed by atoms with Crippen LogP contribution in [0.25, 0.3) is 0 Å². The fourth-order valence-electron chi connectivity index (χ4n) is 0.980. The average molecular weight is 285 g/mol. The van der Waals surface area contributed by atoms with Crippen LogP contribution in [0.2, 0.25) is 0 Å². The smallest absolute Gasteiger partial charge is 0.369 e. The Kier molecular flexibility index (Phi) is 5.57. The zero-order valence-corrected chi connectivity index (χ0v) is 9.57. The first-order valence-corrected chi connectivity index (χ1v) is 4.30. The first kappa shape index (κ1) is 16.2. The number of halogens is 5. The maximum absolute atomic E-state index is 13.2. The Hall–Kier alpha value is -1.83. The highest BCUT2D eigenvalue weighted by molar-refractivity contribution is 5.85. The van der Waals surface area contributed by atoms with Gasteiger partial charge in [-0.15, -0.1) is 12.4 Å². The quantitative estimate of drug-likeness (QED) is 0.337. The number of hydrogen-bond acceptors (Lipinski definition) is 2. The Morgan fingerprint density at radius 3 is 2.44 bits per heavy atom. The molecule has 0 spiro atoms. The highest BCUT2D eigenvalue weighted by atomic mass is 35.5. The predicted octanol–water partition coefficient (Wildman–Crippen LogP) is 2.08. The van der Waals surface area contributed by atoms with Crippen LogP contribution in [-0.2, 0) is 6.18 Å². The Labute approximate surface area is 106 Å². The number of nitrogens with one attached hydrogen (secondary N) is 2. The molecule has 0 unspecified atom stereocenters. The lowest BCUT2D eigenvalue weighted by Crippen LogP contribution is -2.25. The fraction of sp³-hybridized carbons (Fsp3) is 0.111. The maximum Gasteiger partial charge on any atom is 0.416 e. The van der Waals surface area contributed by atoms with Crippen molar-refractivity contribution >= 4 is 24.6 Å². The molecular weight excluding hydrogens is 276 g/mol. The second-order valence-electron chi connectivity index (χ2n) is 3.02. The summed E-state index contributed by atoms with van der Waals surface area (Å²) in [5.74, 6) is -1.53. The molecule has 4 N–H and O–H groups in total. The Morgan fingerprint density at radius 1 is 1.39 bits per heavy atom. The van der Waals surface area contributed by atoms with E-state index in [4.69, 9.17) is 11.1 Å². The van der Waals surface area contributed by atoms with Gasteiger partial charge in [0.05, 0.1) is 11.8 Å². The van der Waals surface area contributed by atoms with Crippen molar-refractivity contribution in [3.05, 3.63) is 35.1 Å². The van der Waals surface area contributed by atoms with E-state index in [9.17, 15) is 17.6 Å². The predicted molar refractivity (Wildman–Crippen MR) is 61.3 cm³/mol. The molecule has 1 aromatic carbocycles. The fourth-order valence-corrected chi connectivity index (χ4v) is 0.980. The molecule has 18 heavy (non-hydrogen) atoms. The van der Waals surface area contributed by atoms with Crippen molar-refractivity contribution < 1.29 is 17.6 Å². The molecule has 0 heterocycles. The highest BCUT2D eigenvalue weighted by Gasteiger charge is 2.30. The van der Waals surface area contributed by atoms with Crippen molar-refractivity contribution in [3.8, 4) is 0 Å². The summed E-state index contributed by atoms with van der Waals surface area (Å²) in [7, 11) is 0. The van der Waals surface area contributed by atoms with Gasteiger partial charge in [0.15, 0.2) is 0 Å². The summed E-state index contributed by atoms with van der Waals surface area (Å²) in [6.45, 7) is 0. The molecule has 0 aromatic heterocycles. The van der Waals surface area contributed by atoms with E-state index in [1.807, 2.05) is 5.43 Å². The summed E-state index contributed by atoms with van der Waals surface area (Å²) in [4.78, 5) is 0. The second kappa shape index (κ2) is 6.20. The molecule has 0 saturated carbocycles. The number of hydrogen-bond donors (Lipinski definition) is 3. The number of alkyl halides is 3. The summed E-state index contributed by atoms with van der Waals surface area (Å²) in [6, 6.07) is 2.04. The van der Waals surface area contributed by atoms with Crippen LogP contribution < -0.4 is 11.2 Å². The minimum atomic E-state index is -4.59. The van der Waals surface area contributed by atoms with Gasteiger partial charge in [0.1, 0.15) is 5.82 Å². The minimum Gasteiger partial charge on any atom is -0.369 e. The molecule has 100 valence electrons. The van der Waals surface area contributed by atoms with E-state index in [0.717, 1.165) is 18.3 Å². The van der Waals surface area contributed by atoms with Crippen LogP contribution in [0.5, 0.6) is 0 Å². The zero-order chi connectivity index (χ0) is 13.1. The van der Waals surface area contributed by atoms with Crippen molar-refractivity contribution in [2.45, 2.75) is 6.18 Å². The first-order valence-electron chi connectivity index (χ1n) is 4.30. The molecule has 0 radical (unpaired) electrons. The van der Waals surface area contributed by atoms with Gasteiger partial charge < -0.3 is 5.73 Å². The van der Waals surface area contributed by atoms with Crippen LogP contribution in [0.15, 0.2) is 23.3 Å². The molecule has 1 aromatic rings. The molecule has 0 aliphatic carbocycles. The summed E-state index contributed by atoms with van der Waals surface area (Å²) in [6.07, 6.45) is -3.66. The molecule has 0 fully saturated rings. The van der Waals surface area contributed by atoms with Crippen molar-refractivity contribution in [3.63, 3.8) is 0 Å². The normalized spacial score (nSPS) is 11.1. The number of nitrogens with two attached hydrogens (primary N) is 1. The summed E-state index contributed by atoms with van der Waals surface area (Å²) in [5.41, 5.74) is 5.68. The molecule has 0 atom stereocenters. The lowest BCUT2D eigenvalue weighted by atomic mass is 10.1. The molecule has 0 aliphatic rings. The van der Waals surface area contributed by atoms with E-state index in [2.05, 4.69) is 5.10 Å². The van der Waals surface area contributed by atoms with Crippen LogP contribution >= 0.6 is 12.4 Å². The Balaban J connectivity index is 0.00000289. The zero-order valence-electron chi connectivity index (χ0n) is 8.75. The van der Waals surface area contributed by atoms with E-state index < -0.39 is 23.5 Å². The van der Waals surface area contributed by atoms with E-state index >= 15 is 0 Å². The van der Waals surface area contributed by atoms with Gasteiger partial charge in [0.2, 0.25) is 5.96 Å². The van der Waals surface area contributed by atoms with E-state index in [0.29, 0.717) is 6.07 Å². The van der Waals surface area contributed by atoms with Crippen LogP contribution in [0.4, 0.5) is 17.6 Å². The van der Waals surface area contributed by atoms with Gasteiger partial charge in [-0.25, -0.2) is 9.82 Å². The third-order valence-electron chi connectivity index (χ3n) is 1.72. The van der Waals surface area contributed by atoms with E-state index in [-0.39, 0.29) is 18.0 Å². The Morgan fingerprint density at radius 2 is 2.00 bits per heavy atom. The summed E-state index contributed by atoms with van der Waals surface area (Å²) in [5, 5.41) is 10.1. The van der Waals surface area contributed by atoms with Crippen LogP contribution in [0, 0.1) is 11.2 Å².